The van der Waals surface area contributed by atoms with Gasteiger partial charge in [0.2, 0.25) is 0 Å². The van der Waals surface area contributed by atoms with Crippen LogP contribution in [0.4, 0.5) is 0 Å². The fourth-order valence-corrected chi connectivity index (χ4v) is 1.15. The third kappa shape index (κ3) is 1.58. The summed E-state index contributed by atoms with van der Waals surface area (Å²) in [4.78, 5) is 10.8. The normalized spacial score (nSPS) is 10.5. The molecule has 2 aromatic heterocycles. The Hall–Kier alpha value is -2.18. The summed E-state index contributed by atoms with van der Waals surface area (Å²) in [5.41, 5.74) is 0.398. The summed E-state index contributed by atoms with van der Waals surface area (Å²) in [5.74, 6) is -0.482. The van der Waals surface area contributed by atoms with Gasteiger partial charge in [0.1, 0.15) is 17.1 Å². The average Bonchev–Trinajstić information content (AvgIpc) is 2.85. The van der Waals surface area contributed by atoms with Gasteiger partial charge in [-0.05, 0) is 0 Å². The Bertz CT molecular complexity index is 488. The first kappa shape index (κ1) is 9.38. The van der Waals surface area contributed by atoms with E-state index in [-0.39, 0.29) is 11.4 Å². The molecule has 0 saturated carbocycles. The molecule has 0 saturated heterocycles. The van der Waals surface area contributed by atoms with Crippen molar-refractivity contribution < 1.29 is 14.4 Å². The monoisotopic (exact) mass is 208 g/mol. The van der Waals surface area contributed by atoms with Crippen LogP contribution in [0.25, 0.3) is 11.4 Å². The molecule has 2 heterocycles. The molecule has 0 bridgehead atoms. The molecule has 15 heavy (non-hydrogen) atoms. The third-order valence-electron chi connectivity index (χ3n) is 1.90. The molecule has 0 fully saturated rings. The van der Waals surface area contributed by atoms with Crippen LogP contribution in [-0.2, 0) is 6.42 Å². The van der Waals surface area contributed by atoms with Crippen LogP contribution < -0.4 is 0 Å². The number of hydrogen-bond acceptors (Lipinski definition) is 5. The van der Waals surface area contributed by atoms with Crippen molar-refractivity contribution in [3.8, 4) is 11.4 Å². The van der Waals surface area contributed by atoms with Crippen LogP contribution in [0.5, 0.6) is 0 Å². The molecule has 0 amide bonds. The molecule has 0 spiro atoms. The van der Waals surface area contributed by atoms with Crippen LogP contribution in [0.1, 0.15) is 23.2 Å². The SMILES string of the molecule is CCc1cc(-c2n[nH]nc2C(=O)O)no1. The highest BCUT2D eigenvalue weighted by Gasteiger charge is 2.19. The lowest BCUT2D eigenvalue weighted by Crippen LogP contribution is -1.99. The summed E-state index contributed by atoms with van der Waals surface area (Å²) < 4.78 is 4.95. The zero-order valence-corrected chi connectivity index (χ0v) is 7.89. The quantitative estimate of drug-likeness (QED) is 0.769. The highest BCUT2D eigenvalue weighted by atomic mass is 16.5. The van der Waals surface area contributed by atoms with E-state index in [9.17, 15) is 4.79 Å². The second-order valence-electron chi connectivity index (χ2n) is 2.86. The minimum atomic E-state index is -1.15. The maximum absolute atomic E-state index is 10.8. The number of aromatic nitrogens is 4. The number of aromatic carboxylic acids is 1. The first-order valence-corrected chi connectivity index (χ1v) is 4.32. The van der Waals surface area contributed by atoms with Crippen molar-refractivity contribution in [2.45, 2.75) is 13.3 Å². The van der Waals surface area contributed by atoms with Crippen molar-refractivity contribution in [2.75, 3.05) is 0 Å². The molecular weight excluding hydrogens is 200 g/mol. The molecule has 78 valence electrons. The van der Waals surface area contributed by atoms with E-state index < -0.39 is 5.97 Å². The van der Waals surface area contributed by atoms with Gasteiger partial charge in [-0.2, -0.15) is 10.3 Å². The number of carboxylic acids is 1. The van der Waals surface area contributed by atoms with Gasteiger partial charge in [0.05, 0.1) is 0 Å². The Kier molecular flexibility index (Phi) is 2.20. The summed E-state index contributed by atoms with van der Waals surface area (Å²) >= 11 is 0. The molecule has 2 N–H and O–H groups in total. The fourth-order valence-electron chi connectivity index (χ4n) is 1.15. The Morgan fingerprint density at radius 2 is 2.40 bits per heavy atom. The van der Waals surface area contributed by atoms with Gasteiger partial charge in [-0.1, -0.05) is 12.1 Å². The van der Waals surface area contributed by atoms with E-state index in [0.717, 1.165) is 0 Å². The Morgan fingerprint density at radius 1 is 1.60 bits per heavy atom. The zero-order valence-electron chi connectivity index (χ0n) is 7.89. The lowest BCUT2D eigenvalue weighted by atomic mass is 10.2. The highest BCUT2D eigenvalue weighted by Crippen LogP contribution is 2.19. The highest BCUT2D eigenvalue weighted by molar-refractivity contribution is 5.91. The van der Waals surface area contributed by atoms with Gasteiger partial charge in [-0.25, -0.2) is 4.79 Å². The van der Waals surface area contributed by atoms with Crippen molar-refractivity contribution in [3.05, 3.63) is 17.5 Å². The van der Waals surface area contributed by atoms with Crippen molar-refractivity contribution in [3.63, 3.8) is 0 Å². The van der Waals surface area contributed by atoms with E-state index in [4.69, 9.17) is 9.63 Å². The molecular formula is C8H8N4O3. The van der Waals surface area contributed by atoms with E-state index in [0.29, 0.717) is 17.9 Å². The van der Waals surface area contributed by atoms with Crippen LogP contribution >= 0.6 is 0 Å². The van der Waals surface area contributed by atoms with Crippen LogP contribution in [-0.4, -0.2) is 31.6 Å². The summed E-state index contributed by atoms with van der Waals surface area (Å²) in [7, 11) is 0. The number of carbonyl (C=O) groups is 1. The number of H-pyrrole nitrogens is 1. The van der Waals surface area contributed by atoms with Gasteiger partial charge in [0.25, 0.3) is 0 Å². The van der Waals surface area contributed by atoms with E-state index in [1.165, 1.54) is 0 Å². The topological polar surface area (TPSA) is 105 Å². The number of rotatable bonds is 3. The van der Waals surface area contributed by atoms with Crippen LogP contribution in [0, 0.1) is 0 Å². The van der Waals surface area contributed by atoms with Gasteiger partial charge >= 0.3 is 5.97 Å². The Labute approximate surface area is 84.1 Å². The smallest absolute Gasteiger partial charge is 0.358 e. The molecule has 7 nitrogen and oxygen atoms in total. The number of aryl methyl sites for hydroxylation is 1. The van der Waals surface area contributed by atoms with Gasteiger partial charge in [-0.3, -0.25) is 0 Å². The molecule has 0 atom stereocenters. The number of hydrogen-bond donors (Lipinski definition) is 2. The summed E-state index contributed by atoms with van der Waals surface area (Å²) in [6.07, 6.45) is 0.688. The molecule has 2 aromatic rings. The zero-order chi connectivity index (χ0) is 10.8. The van der Waals surface area contributed by atoms with Crippen LogP contribution in [0.15, 0.2) is 10.6 Å². The summed E-state index contributed by atoms with van der Waals surface area (Å²) in [6, 6.07) is 1.64. The molecule has 7 heteroatoms. The van der Waals surface area contributed by atoms with Crippen LogP contribution in [0.3, 0.4) is 0 Å². The Morgan fingerprint density at radius 3 is 3.00 bits per heavy atom. The molecule has 2 rings (SSSR count). The maximum Gasteiger partial charge on any atom is 0.358 e. The molecule has 0 unspecified atom stereocenters. The van der Waals surface area contributed by atoms with E-state index in [2.05, 4.69) is 20.6 Å². The largest absolute Gasteiger partial charge is 0.476 e. The summed E-state index contributed by atoms with van der Waals surface area (Å²) in [6.45, 7) is 1.91. The number of carboxylic acid groups (broad SMARTS) is 1. The van der Waals surface area contributed by atoms with E-state index in [1.807, 2.05) is 6.92 Å². The van der Waals surface area contributed by atoms with E-state index >= 15 is 0 Å². The van der Waals surface area contributed by atoms with Crippen molar-refractivity contribution >= 4 is 5.97 Å². The van der Waals surface area contributed by atoms with E-state index in [1.54, 1.807) is 6.07 Å². The predicted octanol–water partition coefficient (Wildman–Crippen LogP) is 0.720. The Balaban J connectivity index is 2.44. The minimum absolute atomic E-state index is 0.161. The molecule has 0 aliphatic rings. The minimum Gasteiger partial charge on any atom is -0.476 e. The molecule has 0 radical (unpaired) electrons. The van der Waals surface area contributed by atoms with Crippen molar-refractivity contribution in [2.24, 2.45) is 0 Å². The first-order chi connectivity index (χ1) is 7.22. The number of aromatic amines is 1. The van der Waals surface area contributed by atoms with Crippen molar-refractivity contribution in [1.29, 1.82) is 0 Å². The van der Waals surface area contributed by atoms with Gasteiger partial charge in [0.15, 0.2) is 5.69 Å². The van der Waals surface area contributed by atoms with Gasteiger partial charge in [0, 0.05) is 12.5 Å². The number of nitrogens with zero attached hydrogens (tertiary/aromatic N) is 3. The molecule has 0 aromatic carbocycles. The third-order valence-corrected chi connectivity index (χ3v) is 1.90. The molecule has 0 aliphatic heterocycles. The number of nitrogens with one attached hydrogen (secondary N) is 1. The lowest BCUT2D eigenvalue weighted by Gasteiger charge is -1.88. The van der Waals surface area contributed by atoms with Gasteiger partial charge < -0.3 is 9.63 Å². The summed E-state index contributed by atoms with van der Waals surface area (Å²) in [5, 5.41) is 22.0. The standard InChI is InChI=1S/C8H8N4O3/c1-2-4-3-5(11-15-4)6-7(8(13)14)10-12-9-6/h3H,2H2,1H3,(H,13,14)(H,9,10,12). The second-order valence-corrected chi connectivity index (χ2v) is 2.86. The van der Waals surface area contributed by atoms with Gasteiger partial charge in [-0.15, -0.1) is 5.10 Å². The lowest BCUT2D eigenvalue weighted by molar-refractivity contribution is 0.0691. The second kappa shape index (κ2) is 3.52. The first-order valence-electron chi connectivity index (χ1n) is 4.32. The maximum atomic E-state index is 10.8. The average molecular weight is 208 g/mol. The van der Waals surface area contributed by atoms with Crippen LogP contribution in [0.2, 0.25) is 0 Å². The van der Waals surface area contributed by atoms with Crippen molar-refractivity contribution in [1.82, 2.24) is 20.6 Å². The fraction of sp³-hybridized carbons (Fsp3) is 0.250. The molecule has 0 aliphatic carbocycles. The predicted molar refractivity (Wildman–Crippen MR) is 48.2 cm³/mol.